The average Bonchev–Trinajstić information content (AvgIpc) is 2.83. The molecule has 1 atom stereocenters. The van der Waals surface area contributed by atoms with Crippen LogP contribution in [0.15, 0.2) is 65.1 Å². The second-order valence-electron chi connectivity index (χ2n) is 10.7. The molecule has 0 aliphatic carbocycles. The van der Waals surface area contributed by atoms with Crippen LogP contribution in [0.5, 0.6) is 5.75 Å². The van der Waals surface area contributed by atoms with E-state index in [1.165, 1.54) is 11.1 Å². The molecule has 0 heterocycles. The first-order valence-corrected chi connectivity index (χ1v) is 13.6. The van der Waals surface area contributed by atoms with Crippen LogP contribution >= 0.6 is 15.9 Å². The van der Waals surface area contributed by atoms with Crippen molar-refractivity contribution >= 4 is 21.8 Å². The maximum absolute atomic E-state index is 13.7. The van der Waals surface area contributed by atoms with Crippen LogP contribution in [-0.4, -0.2) is 36.0 Å². The van der Waals surface area contributed by atoms with Crippen molar-refractivity contribution in [3.8, 4) is 5.75 Å². The highest BCUT2D eigenvalue weighted by Gasteiger charge is 2.33. The molecule has 38 heavy (non-hydrogen) atoms. The Kier molecular flexibility index (Phi) is 10.5. The first kappa shape index (κ1) is 29.8. The molecule has 3 aromatic carbocycles. The number of hydrogen-bond donors (Lipinski definition) is 2. The average molecular weight is 584 g/mol. The molecule has 7 heteroatoms. The Hall–Kier alpha value is -2.71. The van der Waals surface area contributed by atoms with Gasteiger partial charge in [-0.1, -0.05) is 80.4 Å². The molecule has 3 aromatic rings. The third kappa shape index (κ3) is 7.90. The van der Waals surface area contributed by atoms with Crippen LogP contribution in [0.25, 0.3) is 0 Å². The number of halogens is 1. The Morgan fingerprint density at radius 2 is 1.68 bits per heavy atom. The zero-order valence-corrected chi connectivity index (χ0v) is 24.8. The fourth-order valence-electron chi connectivity index (χ4n) is 4.79. The van der Waals surface area contributed by atoms with E-state index in [9.17, 15) is 9.90 Å². The number of hydrogen-bond acceptors (Lipinski definition) is 5. The molecule has 1 unspecified atom stereocenters. The van der Waals surface area contributed by atoms with Gasteiger partial charge in [-0.05, 0) is 65.4 Å². The molecule has 0 aliphatic rings. The quantitative estimate of drug-likeness (QED) is 0.195. The van der Waals surface area contributed by atoms with Crippen molar-refractivity contribution < 1.29 is 19.4 Å². The van der Waals surface area contributed by atoms with Gasteiger partial charge >= 0.3 is 0 Å². The van der Waals surface area contributed by atoms with E-state index in [0.29, 0.717) is 23.5 Å². The second-order valence-corrected chi connectivity index (χ2v) is 11.5. The van der Waals surface area contributed by atoms with Crippen molar-refractivity contribution in [2.24, 2.45) is 5.41 Å². The minimum Gasteiger partial charge on any atom is -0.490 e. The summed E-state index contributed by atoms with van der Waals surface area (Å²) in [7, 11) is 0. The first-order valence-electron chi connectivity index (χ1n) is 12.8. The molecule has 204 valence electrons. The number of amides is 1. The van der Waals surface area contributed by atoms with E-state index >= 15 is 0 Å². The first-order chi connectivity index (χ1) is 18.0. The summed E-state index contributed by atoms with van der Waals surface area (Å²) in [5, 5.41) is 11.1. The van der Waals surface area contributed by atoms with Crippen molar-refractivity contribution in [2.45, 2.75) is 54.2 Å². The standard InChI is InChI=1S/C31H39BrN2O4/c1-21-16-22(2)18-24(17-21)19-37-20-34(29(31(4,5)6)25-10-8-7-9-11-25)33-30(36)26-12-13-27(32)28(23(26)3)38-15-14-35/h7-13,16-18,29,35H,14-15,19-20H2,1-6H3,(H,33,36). The van der Waals surface area contributed by atoms with E-state index in [0.717, 1.165) is 15.6 Å². The number of aliphatic hydroxyl groups is 1. The van der Waals surface area contributed by atoms with Gasteiger partial charge in [0.1, 0.15) is 19.1 Å². The Labute approximate surface area is 235 Å². The summed E-state index contributed by atoms with van der Waals surface area (Å²) in [5.41, 5.74) is 8.65. The molecular formula is C31H39BrN2O4. The van der Waals surface area contributed by atoms with E-state index in [1.807, 2.05) is 30.1 Å². The van der Waals surface area contributed by atoms with Gasteiger partial charge in [-0.2, -0.15) is 5.01 Å². The van der Waals surface area contributed by atoms with Crippen LogP contribution in [0.1, 0.15) is 65.0 Å². The lowest BCUT2D eigenvalue weighted by Gasteiger charge is -2.40. The van der Waals surface area contributed by atoms with Gasteiger partial charge in [0, 0.05) is 11.1 Å². The molecule has 0 saturated heterocycles. The summed E-state index contributed by atoms with van der Waals surface area (Å²) < 4.78 is 12.6. The Morgan fingerprint density at radius 3 is 2.29 bits per heavy atom. The lowest BCUT2D eigenvalue weighted by atomic mass is 9.82. The number of nitrogens with zero attached hydrogens (tertiary/aromatic N) is 1. The van der Waals surface area contributed by atoms with Crippen molar-refractivity contribution in [3.63, 3.8) is 0 Å². The molecule has 0 radical (unpaired) electrons. The third-order valence-electron chi connectivity index (χ3n) is 6.21. The number of rotatable bonds is 11. The van der Waals surface area contributed by atoms with Crippen LogP contribution in [0.2, 0.25) is 0 Å². The predicted octanol–water partition coefficient (Wildman–Crippen LogP) is 6.65. The van der Waals surface area contributed by atoms with Crippen LogP contribution < -0.4 is 10.2 Å². The van der Waals surface area contributed by atoms with E-state index in [-0.39, 0.29) is 37.3 Å². The highest BCUT2D eigenvalue weighted by molar-refractivity contribution is 9.10. The molecule has 3 rings (SSSR count). The largest absolute Gasteiger partial charge is 0.490 e. The summed E-state index contributed by atoms with van der Waals surface area (Å²) in [6.45, 7) is 13.1. The minimum atomic E-state index is -0.260. The van der Waals surface area contributed by atoms with Crippen molar-refractivity contribution in [1.82, 2.24) is 10.4 Å². The molecule has 0 saturated carbocycles. The van der Waals surface area contributed by atoms with Gasteiger partial charge in [-0.3, -0.25) is 10.2 Å². The van der Waals surface area contributed by atoms with Gasteiger partial charge < -0.3 is 14.6 Å². The highest BCUT2D eigenvalue weighted by Crippen LogP contribution is 2.37. The van der Waals surface area contributed by atoms with Crippen molar-refractivity contribution in [3.05, 3.63) is 98.5 Å². The third-order valence-corrected chi connectivity index (χ3v) is 6.84. The Bertz CT molecular complexity index is 1200. The van der Waals surface area contributed by atoms with Gasteiger partial charge in [0.15, 0.2) is 0 Å². The smallest absolute Gasteiger partial charge is 0.266 e. The zero-order chi connectivity index (χ0) is 27.9. The van der Waals surface area contributed by atoms with Crippen molar-refractivity contribution in [1.29, 1.82) is 0 Å². The summed E-state index contributed by atoms with van der Waals surface area (Å²) in [5.74, 6) is 0.281. The molecule has 0 aliphatic heterocycles. The molecule has 6 nitrogen and oxygen atoms in total. The maximum atomic E-state index is 13.7. The number of aliphatic hydroxyl groups excluding tert-OH is 1. The molecule has 1 amide bonds. The highest BCUT2D eigenvalue weighted by atomic mass is 79.9. The van der Waals surface area contributed by atoms with E-state index in [4.69, 9.17) is 9.47 Å². The van der Waals surface area contributed by atoms with Gasteiger partial charge in [-0.15, -0.1) is 0 Å². The number of ether oxygens (including phenoxy) is 2. The summed E-state index contributed by atoms with van der Waals surface area (Å²) in [4.78, 5) is 13.7. The molecule has 2 N–H and O–H groups in total. The van der Waals surface area contributed by atoms with E-state index in [2.05, 4.69) is 86.3 Å². The van der Waals surface area contributed by atoms with E-state index in [1.54, 1.807) is 12.1 Å². The Balaban J connectivity index is 1.92. The molecule has 0 bridgehead atoms. The second kappa shape index (κ2) is 13.4. The van der Waals surface area contributed by atoms with Gasteiger partial charge in [-0.25, -0.2) is 0 Å². The van der Waals surface area contributed by atoms with Gasteiger partial charge in [0.25, 0.3) is 5.91 Å². The number of aryl methyl sites for hydroxylation is 2. The van der Waals surface area contributed by atoms with Gasteiger partial charge in [0.2, 0.25) is 0 Å². The molecule has 0 fully saturated rings. The Morgan fingerprint density at radius 1 is 1.03 bits per heavy atom. The van der Waals surface area contributed by atoms with Crippen LogP contribution in [0, 0.1) is 26.2 Å². The molecular weight excluding hydrogens is 544 g/mol. The molecule has 0 aromatic heterocycles. The predicted molar refractivity (Wildman–Crippen MR) is 155 cm³/mol. The number of carbonyl (C=O) groups excluding carboxylic acids is 1. The summed E-state index contributed by atoms with van der Waals surface area (Å²) in [6, 6.07) is 19.9. The maximum Gasteiger partial charge on any atom is 0.266 e. The van der Waals surface area contributed by atoms with Crippen LogP contribution in [0.3, 0.4) is 0 Å². The summed E-state index contributed by atoms with van der Waals surface area (Å²) in [6.07, 6.45) is 0. The number of hydrazine groups is 1. The molecule has 0 spiro atoms. The zero-order valence-electron chi connectivity index (χ0n) is 23.2. The summed E-state index contributed by atoms with van der Waals surface area (Å²) >= 11 is 3.49. The lowest BCUT2D eigenvalue weighted by Crippen LogP contribution is -2.49. The number of benzene rings is 3. The monoisotopic (exact) mass is 582 g/mol. The van der Waals surface area contributed by atoms with Crippen LogP contribution in [-0.2, 0) is 11.3 Å². The minimum absolute atomic E-state index is 0.113. The van der Waals surface area contributed by atoms with Crippen LogP contribution in [0.4, 0.5) is 0 Å². The normalized spacial score (nSPS) is 12.4. The SMILES string of the molecule is Cc1cc(C)cc(COCN(NC(=O)c2ccc(Br)c(OCCO)c2C)C(c2ccccc2)C(C)(C)C)c1. The fourth-order valence-corrected chi connectivity index (χ4v) is 5.33. The van der Waals surface area contributed by atoms with Gasteiger partial charge in [0.05, 0.1) is 23.7 Å². The topological polar surface area (TPSA) is 71.0 Å². The number of nitrogens with one attached hydrogen (secondary N) is 1. The number of carbonyl (C=O) groups is 1. The van der Waals surface area contributed by atoms with Crippen molar-refractivity contribution in [2.75, 3.05) is 19.9 Å². The van der Waals surface area contributed by atoms with E-state index < -0.39 is 0 Å². The fraction of sp³-hybridized carbons (Fsp3) is 0.387. The lowest BCUT2D eigenvalue weighted by molar-refractivity contribution is -0.0570.